The summed E-state index contributed by atoms with van der Waals surface area (Å²) in [6.45, 7) is 5.10. The van der Waals surface area contributed by atoms with E-state index in [9.17, 15) is 4.79 Å². The fourth-order valence-corrected chi connectivity index (χ4v) is 1.17. The second-order valence-corrected chi connectivity index (χ2v) is 2.98. The van der Waals surface area contributed by atoms with Crippen molar-refractivity contribution < 1.29 is 19.4 Å². The average molecular weight is 322 g/mol. The first-order chi connectivity index (χ1) is 6.70. The number of carbonyl (C=O) groups is 1. The van der Waals surface area contributed by atoms with E-state index in [2.05, 4.69) is 0 Å². The standard InChI is InChI=1S/C10H20O4.In.3H/c1-3-13-10(14-4-2)8-6-5-7-9(11)12;;;;/h10H,3-8H2,1-2H3,(H,11,12);;;;. The minimum absolute atomic E-state index is 0. The molecule has 0 aromatic carbocycles. The van der Waals surface area contributed by atoms with Crippen molar-refractivity contribution in [2.24, 2.45) is 0 Å². The van der Waals surface area contributed by atoms with Crippen molar-refractivity contribution in [3.05, 3.63) is 0 Å². The van der Waals surface area contributed by atoms with Crippen molar-refractivity contribution in [3.8, 4) is 0 Å². The third kappa shape index (κ3) is 12.2. The van der Waals surface area contributed by atoms with Crippen LogP contribution in [0.15, 0.2) is 0 Å². The van der Waals surface area contributed by atoms with Crippen molar-refractivity contribution in [3.63, 3.8) is 0 Å². The Kier molecular flexibility index (Phi) is 14.5. The van der Waals surface area contributed by atoms with E-state index in [4.69, 9.17) is 14.6 Å². The summed E-state index contributed by atoms with van der Waals surface area (Å²) in [5, 5.41) is 8.42. The van der Waals surface area contributed by atoms with Crippen LogP contribution in [0.2, 0.25) is 0 Å². The van der Waals surface area contributed by atoms with E-state index < -0.39 is 5.97 Å². The summed E-state index contributed by atoms with van der Waals surface area (Å²) in [7, 11) is 0. The van der Waals surface area contributed by atoms with Gasteiger partial charge in [-0.2, -0.15) is 0 Å². The summed E-state index contributed by atoms with van der Waals surface area (Å²) in [4.78, 5) is 10.2. The minimum atomic E-state index is -0.741. The number of carboxylic acids is 1. The number of aliphatic carboxylic acids is 1. The van der Waals surface area contributed by atoms with Crippen molar-refractivity contribution in [2.75, 3.05) is 13.2 Å². The van der Waals surface area contributed by atoms with Crippen molar-refractivity contribution in [2.45, 2.75) is 45.8 Å². The average Bonchev–Trinajstić information content (AvgIpc) is 2.12. The van der Waals surface area contributed by atoms with Gasteiger partial charge >= 0.3 is 31.8 Å². The summed E-state index contributed by atoms with van der Waals surface area (Å²) in [6.07, 6.45) is 2.35. The van der Waals surface area contributed by atoms with Gasteiger partial charge in [-0.25, -0.2) is 0 Å². The van der Waals surface area contributed by atoms with E-state index in [1.807, 2.05) is 13.8 Å². The molecule has 0 atom stereocenters. The van der Waals surface area contributed by atoms with E-state index in [0.717, 1.165) is 12.8 Å². The van der Waals surface area contributed by atoms with E-state index >= 15 is 0 Å². The second-order valence-electron chi connectivity index (χ2n) is 2.98. The van der Waals surface area contributed by atoms with Gasteiger partial charge < -0.3 is 14.6 Å². The molecular formula is C10H23InO4. The van der Waals surface area contributed by atoms with Crippen LogP contribution in [0, 0.1) is 0 Å². The first-order valence-electron chi connectivity index (χ1n) is 5.15. The van der Waals surface area contributed by atoms with Crippen LogP contribution in [-0.2, 0) is 14.3 Å². The van der Waals surface area contributed by atoms with Crippen LogP contribution in [0.4, 0.5) is 0 Å². The van der Waals surface area contributed by atoms with Crippen LogP contribution in [0.3, 0.4) is 0 Å². The van der Waals surface area contributed by atoms with E-state index in [1.165, 1.54) is 0 Å². The van der Waals surface area contributed by atoms with Gasteiger partial charge in [-0.1, -0.05) is 0 Å². The maximum absolute atomic E-state index is 10.2. The Morgan fingerprint density at radius 3 is 2.13 bits per heavy atom. The molecule has 0 unspecified atom stereocenters. The quantitative estimate of drug-likeness (QED) is 0.505. The third-order valence-electron chi connectivity index (χ3n) is 1.79. The third-order valence-corrected chi connectivity index (χ3v) is 1.79. The summed E-state index contributed by atoms with van der Waals surface area (Å²) in [5.41, 5.74) is 0. The fourth-order valence-electron chi connectivity index (χ4n) is 1.17. The molecule has 0 saturated heterocycles. The molecule has 0 aromatic rings. The predicted octanol–water partition coefficient (Wildman–Crippen LogP) is 0.847. The number of hydrogen-bond acceptors (Lipinski definition) is 3. The SMILES string of the molecule is CCOC(CCCCC(=O)O)OCC.[InH3]. The van der Waals surface area contributed by atoms with Gasteiger partial charge in [0.2, 0.25) is 0 Å². The number of hydrogen-bond donors (Lipinski definition) is 1. The fraction of sp³-hybridized carbons (Fsp3) is 0.900. The molecule has 0 amide bonds. The van der Waals surface area contributed by atoms with Gasteiger partial charge in [0, 0.05) is 19.6 Å². The first kappa shape index (κ1) is 17.6. The van der Waals surface area contributed by atoms with Gasteiger partial charge in [-0.15, -0.1) is 0 Å². The number of unbranched alkanes of at least 4 members (excludes halogenated alkanes) is 1. The van der Waals surface area contributed by atoms with Crippen LogP contribution in [-0.4, -0.2) is 56.4 Å². The first-order valence-corrected chi connectivity index (χ1v) is 5.15. The van der Waals surface area contributed by atoms with Crippen LogP contribution >= 0.6 is 0 Å². The van der Waals surface area contributed by atoms with Crippen LogP contribution in [0.1, 0.15) is 39.5 Å². The summed E-state index contributed by atoms with van der Waals surface area (Å²) < 4.78 is 10.6. The Hall–Kier alpha value is 0.260. The second kappa shape index (κ2) is 12.3. The molecular weight excluding hydrogens is 299 g/mol. The number of carboxylic acid groups (broad SMARTS) is 1. The van der Waals surface area contributed by atoms with Crippen molar-refractivity contribution in [1.82, 2.24) is 0 Å². The molecule has 0 aromatic heterocycles. The molecule has 0 aliphatic rings. The molecule has 90 valence electrons. The zero-order valence-electron chi connectivity index (χ0n) is 8.99. The molecule has 0 heterocycles. The molecule has 0 saturated carbocycles. The predicted molar refractivity (Wildman–Crippen MR) is 63.1 cm³/mol. The molecule has 15 heavy (non-hydrogen) atoms. The van der Waals surface area contributed by atoms with Crippen molar-refractivity contribution >= 4 is 31.8 Å². The number of ether oxygens (including phenoxy) is 2. The molecule has 0 bridgehead atoms. The van der Waals surface area contributed by atoms with Crippen LogP contribution in [0.25, 0.3) is 0 Å². The normalized spacial score (nSPS) is 10.1. The van der Waals surface area contributed by atoms with Crippen LogP contribution in [0.5, 0.6) is 0 Å². The van der Waals surface area contributed by atoms with Crippen LogP contribution < -0.4 is 0 Å². The van der Waals surface area contributed by atoms with E-state index in [0.29, 0.717) is 19.6 Å². The zero-order chi connectivity index (χ0) is 10.8. The molecule has 0 aliphatic carbocycles. The number of rotatable bonds is 9. The van der Waals surface area contributed by atoms with Gasteiger partial charge in [-0.05, 0) is 33.1 Å². The van der Waals surface area contributed by atoms with Gasteiger partial charge in [0.1, 0.15) is 0 Å². The Bertz CT molecular complexity index is 146. The molecule has 0 radical (unpaired) electrons. The maximum atomic E-state index is 10.2. The van der Waals surface area contributed by atoms with Gasteiger partial charge in [0.05, 0.1) is 0 Å². The Morgan fingerprint density at radius 1 is 1.20 bits per heavy atom. The molecule has 0 spiro atoms. The van der Waals surface area contributed by atoms with Gasteiger partial charge in [-0.3, -0.25) is 4.79 Å². The molecule has 0 aliphatic heterocycles. The van der Waals surface area contributed by atoms with Gasteiger partial charge in [0.25, 0.3) is 0 Å². The Labute approximate surface area is 110 Å². The monoisotopic (exact) mass is 322 g/mol. The van der Waals surface area contributed by atoms with E-state index in [-0.39, 0.29) is 38.6 Å². The summed E-state index contributed by atoms with van der Waals surface area (Å²) in [5.74, 6) is -0.741. The molecule has 5 heteroatoms. The Morgan fingerprint density at radius 2 is 1.73 bits per heavy atom. The molecule has 0 rings (SSSR count). The Balaban J connectivity index is 0. The molecule has 1 N–H and O–H groups in total. The summed E-state index contributed by atoms with van der Waals surface area (Å²) in [6, 6.07) is 0. The molecule has 0 fully saturated rings. The molecule has 4 nitrogen and oxygen atoms in total. The van der Waals surface area contributed by atoms with E-state index in [1.54, 1.807) is 0 Å². The van der Waals surface area contributed by atoms with Crippen molar-refractivity contribution in [1.29, 1.82) is 0 Å². The zero-order valence-corrected chi connectivity index (χ0v) is 8.99. The van der Waals surface area contributed by atoms with Gasteiger partial charge in [0.15, 0.2) is 6.29 Å². The topological polar surface area (TPSA) is 55.8 Å². The summed E-state index contributed by atoms with van der Waals surface area (Å²) >= 11 is 0.